The summed E-state index contributed by atoms with van der Waals surface area (Å²) < 4.78 is 10.8. The van der Waals surface area contributed by atoms with Gasteiger partial charge in [-0.15, -0.1) is 0 Å². The van der Waals surface area contributed by atoms with Gasteiger partial charge in [0.05, 0.1) is 11.8 Å². The van der Waals surface area contributed by atoms with E-state index in [4.69, 9.17) is 15.2 Å². The summed E-state index contributed by atoms with van der Waals surface area (Å²) in [5, 5.41) is 9.49. The Morgan fingerprint density at radius 2 is 2.00 bits per heavy atom. The number of ether oxygens (including phenoxy) is 2. The lowest BCUT2D eigenvalue weighted by Gasteiger charge is -2.31. The smallest absolute Gasteiger partial charge is 0.231 e. The van der Waals surface area contributed by atoms with Gasteiger partial charge < -0.3 is 25.2 Å². The number of nitrogens with zero attached hydrogens (tertiary/aromatic N) is 3. The topological polar surface area (TPSA) is 93.7 Å². The number of anilines is 2. The zero-order chi connectivity index (χ0) is 16.7. The van der Waals surface area contributed by atoms with Crippen molar-refractivity contribution in [3.8, 4) is 11.5 Å². The molecule has 4 rings (SSSR count). The van der Waals surface area contributed by atoms with E-state index in [0.29, 0.717) is 6.54 Å². The molecule has 0 bridgehead atoms. The van der Waals surface area contributed by atoms with E-state index < -0.39 is 0 Å². The van der Waals surface area contributed by atoms with Gasteiger partial charge in [0.15, 0.2) is 11.5 Å². The monoisotopic (exact) mass is 328 g/mol. The van der Waals surface area contributed by atoms with Crippen LogP contribution in [0.25, 0.3) is 0 Å². The summed E-state index contributed by atoms with van der Waals surface area (Å²) in [4.78, 5) is 10.7. The first kappa shape index (κ1) is 15.0. The second kappa shape index (κ2) is 5.83. The maximum absolute atomic E-state index is 9.49. The van der Waals surface area contributed by atoms with Crippen LogP contribution in [0, 0.1) is 0 Å². The Bertz CT molecular complexity index is 761. The highest BCUT2D eigenvalue weighted by atomic mass is 16.7. The summed E-state index contributed by atoms with van der Waals surface area (Å²) in [6.07, 6.45) is 1.25. The highest BCUT2D eigenvalue weighted by molar-refractivity contribution is 5.48. The molecule has 1 aliphatic carbocycles. The predicted octanol–water partition coefficient (Wildman–Crippen LogP) is 1.66. The molecule has 1 aromatic carbocycles. The van der Waals surface area contributed by atoms with Crippen LogP contribution in [-0.2, 0) is 6.54 Å². The molecule has 1 aliphatic heterocycles. The fourth-order valence-corrected chi connectivity index (χ4v) is 3.10. The lowest BCUT2D eigenvalue weighted by molar-refractivity contribution is 0.0732. The van der Waals surface area contributed by atoms with Crippen LogP contribution in [0.4, 0.5) is 11.8 Å². The zero-order valence-corrected chi connectivity index (χ0v) is 13.5. The zero-order valence-electron chi connectivity index (χ0n) is 13.5. The maximum atomic E-state index is 9.49. The Morgan fingerprint density at radius 1 is 1.21 bits per heavy atom. The van der Waals surface area contributed by atoms with Gasteiger partial charge in [0.1, 0.15) is 5.82 Å². The minimum atomic E-state index is -0.221. The van der Waals surface area contributed by atoms with Crippen molar-refractivity contribution >= 4 is 11.8 Å². The van der Waals surface area contributed by atoms with E-state index in [-0.39, 0.29) is 24.8 Å². The SMILES string of the molecule is CN(Cc1ccc2c(c1)OCO2)c1cc(C2CC(O)C2)nc(N)n1. The number of hydrogen-bond donors (Lipinski definition) is 2. The van der Waals surface area contributed by atoms with Gasteiger partial charge in [-0.1, -0.05) is 6.07 Å². The summed E-state index contributed by atoms with van der Waals surface area (Å²) in [7, 11) is 1.96. The van der Waals surface area contributed by atoms with Crippen molar-refractivity contribution in [2.75, 3.05) is 24.5 Å². The normalized spacial score (nSPS) is 21.4. The first-order valence-electron chi connectivity index (χ1n) is 8.00. The van der Waals surface area contributed by atoms with Crippen LogP contribution in [0.5, 0.6) is 11.5 Å². The minimum absolute atomic E-state index is 0.221. The fraction of sp³-hybridized carbons (Fsp3) is 0.412. The predicted molar refractivity (Wildman–Crippen MR) is 89.1 cm³/mol. The average molecular weight is 328 g/mol. The highest BCUT2D eigenvalue weighted by Crippen LogP contribution is 2.37. The summed E-state index contributed by atoms with van der Waals surface area (Å²) in [5.41, 5.74) is 7.87. The summed E-state index contributed by atoms with van der Waals surface area (Å²) in [6, 6.07) is 7.87. The Labute approximate surface area is 140 Å². The van der Waals surface area contributed by atoms with Gasteiger partial charge in [0.25, 0.3) is 0 Å². The molecule has 0 spiro atoms. The lowest BCUT2D eigenvalue weighted by atomic mass is 9.80. The molecule has 24 heavy (non-hydrogen) atoms. The maximum Gasteiger partial charge on any atom is 0.231 e. The molecule has 7 heteroatoms. The van der Waals surface area contributed by atoms with Crippen molar-refractivity contribution < 1.29 is 14.6 Å². The largest absolute Gasteiger partial charge is 0.454 e. The first-order valence-corrected chi connectivity index (χ1v) is 8.00. The number of aliphatic hydroxyl groups is 1. The third kappa shape index (κ3) is 2.82. The number of hydrogen-bond acceptors (Lipinski definition) is 7. The second-order valence-corrected chi connectivity index (χ2v) is 6.38. The molecule has 0 unspecified atom stereocenters. The van der Waals surface area contributed by atoms with Gasteiger partial charge in [0, 0.05) is 25.6 Å². The van der Waals surface area contributed by atoms with E-state index >= 15 is 0 Å². The molecule has 1 fully saturated rings. The van der Waals surface area contributed by atoms with Crippen LogP contribution in [0.1, 0.15) is 30.0 Å². The third-order valence-electron chi connectivity index (χ3n) is 4.53. The fourth-order valence-electron chi connectivity index (χ4n) is 3.10. The molecule has 2 aromatic rings. The molecule has 0 radical (unpaired) electrons. The molecule has 0 amide bonds. The molecule has 7 nitrogen and oxygen atoms in total. The standard InChI is InChI=1S/C17H20N4O3/c1-21(8-10-2-3-14-15(4-10)24-9-23-14)16-7-13(19-17(18)20-16)11-5-12(22)6-11/h2-4,7,11-12,22H,5-6,8-9H2,1H3,(H2,18,19,20). The van der Waals surface area contributed by atoms with Gasteiger partial charge in [-0.3, -0.25) is 0 Å². The van der Waals surface area contributed by atoms with Crippen LogP contribution in [0.2, 0.25) is 0 Å². The van der Waals surface area contributed by atoms with E-state index in [1.165, 1.54) is 0 Å². The van der Waals surface area contributed by atoms with Crippen molar-refractivity contribution in [3.63, 3.8) is 0 Å². The Balaban J connectivity index is 1.52. The Hall–Kier alpha value is -2.54. The van der Waals surface area contributed by atoms with Crippen molar-refractivity contribution in [1.29, 1.82) is 0 Å². The number of aliphatic hydroxyl groups excluding tert-OH is 1. The Morgan fingerprint density at radius 3 is 2.79 bits per heavy atom. The number of rotatable bonds is 4. The number of nitrogens with two attached hydrogens (primary N) is 1. The molecule has 1 aromatic heterocycles. The lowest BCUT2D eigenvalue weighted by Crippen LogP contribution is -2.28. The van der Waals surface area contributed by atoms with Crippen LogP contribution in [0.15, 0.2) is 24.3 Å². The second-order valence-electron chi connectivity index (χ2n) is 6.38. The third-order valence-corrected chi connectivity index (χ3v) is 4.53. The Kier molecular flexibility index (Phi) is 3.65. The summed E-state index contributed by atoms with van der Waals surface area (Å²) >= 11 is 0. The molecule has 2 heterocycles. The number of nitrogen functional groups attached to an aromatic ring is 1. The van der Waals surface area contributed by atoms with Crippen molar-refractivity contribution in [1.82, 2.24) is 9.97 Å². The number of benzene rings is 1. The molecule has 2 aliphatic rings. The summed E-state index contributed by atoms with van der Waals surface area (Å²) in [6.45, 7) is 0.938. The van der Waals surface area contributed by atoms with E-state index in [9.17, 15) is 5.11 Å². The molecular weight excluding hydrogens is 308 g/mol. The van der Waals surface area contributed by atoms with Crippen LogP contribution in [0.3, 0.4) is 0 Å². The summed E-state index contributed by atoms with van der Waals surface area (Å²) in [5.74, 6) is 2.85. The quantitative estimate of drug-likeness (QED) is 0.881. The molecular formula is C17H20N4O3. The average Bonchev–Trinajstić information content (AvgIpc) is 2.99. The minimum Gasteiger partial charge on any atom is -0.454 e. The van der Waals surface area contributed by atoms with E-state index in [0.717, 1.165) is 41.4 Å². The van der Waals surface area contributed by atoms with Gasteiger partial charge in [-0.2, -0.15) is 4.98 Å². The van der Waals surface area contributed by atoms with E-state index in [2.05, 4.69) is 9.97 Å². The molecule has 0 atom stereocenters. The van der Waals surface area contributed by atoms with Crippen LogP contribution in [-0.4, -0.2) is 35.0 Å². The van der Waals surface area contributed by atoms with E-state index in [1.807, 2.05) is 36.2 Å². The molecule has 126 valence electrons. The van der Waals surface area contributed by atoms with E-state index in [1.54, 1.807) is 0 Å². The van der Waals surface area contributed by atoms with Crippen LogP contribution >= 0.6 is 0 Å². The van der Waals surface area contributed by atoms with Gasteiger partial charge in [-0.25, -0.2) is 4.98 Å². The van der Waals surface area contributed by atoms with Crippen molar-refractivity contribution in [2.45, 2.75) is 31.4 Å². The van der Waals surface area contributed by atoms with Gasteiger partial charge >= 0.3 is 0 Å². The van der Waals surface area contributed by atoms with Crippen molar-refractivity contribution in [2.24, 2.45) is 0 Å². The molecule has 1 saturated carbocycles. The first-order chi connectivity index (χ1) is 11.6. The highest BCUT2D eigenvalue weighted by Gasteiger charge is 2.30. The van der Waals surface area contributed by atoms with Gasteiger partial charge in [0.2, 0.25) is 12.7 Å². The number of aromatic nitrogens is 2. The molecule has 3 N–H and O–H groups in total. The van der Waals surface area contributed by atoms with Crippen LogP contribution < -0.4 is 20.1 Å². The molecule has 0 saturated heterocycles. The van der Waals surface area contributed by atoms with Crippen molar-refractivity contribution in [3.05, 3.63) is 35.5 Å². The van der Waals surface area contributed by atoms with Gasteiger partial charge in [-0.05, 0) is 30.5 Å². The number of fused-ring (bicyclic) bond motifs is 1.